The molecule has 10 heteroatoms. The molecule has 28 heavy (non-hydrogen) atoms. The average Bonchev–Trinajstić information content (AvgIpc) is 2.61. The number of aldehydes is 1. The topological polar surface area (TPSA) is 115 Å². The molecule has 1 N–H and O–H groups in total. The van der Waals surface area contributed by atoms with Crippen LogP contribution >= 0.6 is 0 Å². The Morgan fingerprint density at radius 1 is 1.50 bits per heavy atom. The minimum atomic E-state index is -1.46. The van der Waals surface area contributed by atoms with E-state index in [9.17, 15) is 28.9 Å². The Bertz CT molecular complexity index is 940. The van der Waals surface area contributed by atoms with Crippen molar-refractivity contribution in [1.82, 2.24) is 14.8 Å². The first kappa shape index (κ1) is 21.0. The second kappa shape index (κ2) is 7.75. The summed E-state index contributed by atoms with van der Waals surface area (Å²) in [6, 6.07) is 1.23. The van der Waals surface area contributed by atoms with Gasteiger partial charge in [0.1, 0.15) is 17.9 Å². The lowest BCUT2D eigenvalue weighted by Crippen LogP contribution is -2.60. The van der Waals surface area contributed by atoms with Crippen molar-refractivity contribution in [2.75, 3.05) is 20.1 Å². The highest BCUT2D eigenvalue weighted by Crippen LogP contribution is 2.25. The van der Waals surface area contributed by atoms with Crippen molar-refractivity contribution in [3.63, 3.8) is 0 Å². The van der Waals surface area contributed by atoms with Crippen LogP contribution in [0.3, 0.4) is 0 Å². The van der Waals surface area contributed by atoms with Crippen LogP contribution in [-0.2, 0) is 11.3 Å². The summed E-state index contributed by atoms with van der Waals surface area (Å²) >= 11 is 0. The van der Waals surface area contributed by atoms with Crippen molar-refractivity contribution in [2.45, 2.75) is 26.1 Å². The minimum Gasteiger partial charge on any atom is -0.382 e. The van der Waals surface area contributed by atoms with Gasteiger partial charge in [-0.05, 0) is 19.9 Å². The molecule has 0 spiro atoms. The van der Waals surface area contributed by atoms with Gasteiger partial charge in [-0.1, -0.05) is 6.58 Å². The number of pyridine rings is 1. The number of rotatable bonds is 7. The molecule has 1 saturated heterocycles. The van der Waals surface area contributed by atoms with Gasteiger partial charge in [0.2, 0.25) is 5.91 Å². The molecule has 0 saturated carbocycles. The van der Waals surface area contributed by atoms with E-state index in [1.165, 1.54) is 31.9 Å². The summed E-state index contributed by atoms with van der Waals surface area (Å²) in [5.74, 6) is -0.484. The van der Waals surface area contributed by atoms with Gasteiger partial charge in [-0.2, -0.15) is 0 Å². The number of carbonyl (C=O) groups excluding carboxylic acids is 2. The standard InChI is InChI=1S/C18H21FN4O5/c1-5-14(23(27)28)16(20-4)13-6-12(8-24)17(26)22(11(13)2)7-15(25)21-9-18(3,19)10-21/h5-6,8,20H,1,7,9-10H2,2-4H3/b16-14-. The van der Waals surface area contributed by atoms with Crippen LogP contribution in [0.25, 0.3) is 5.70 Å². The molecule has 1 amide bonds. The van der Waals surface area contributed by atoms with Gasteiger partial charge < -0.3 is 14.8 Å². The number of amides is 1. The molecule has 0 bridgehead atoms. The third-order valence-electron chi connectivity index (χ3n) is 4.57. The van der Waals surface area contributed by atoms with E-state index in [0.29, 0.717) is 6.29 Å². The van der Waals surface area contributed by atoms with Crippen molar-refractivity contribution in [3.8, 4) is 0 Å². The molecule has 2 rings (SSSR count). The number of alkyl halides is 1. The van der Waals surface area contributed by atoms with E-state index in [0.717, 1.165) is 10.6 Å². The van der Waals surface area contributed by atoms with Crippen LogP contribution in [0.4, 0.5) is 4.39 Å². The lowest BCUT2D eigenvalue weighted by molar-refractivity contribution is -0.418. The second-order valence-corrected chi connectivity index (χ2v) is 6.74. The Labute approximate surface area is 160 Å². The third-order valence-corrected chi connectivity index (χ3v) is 4.57. The quantitative estimate of drug-likeness (QED) is 0.319. The van der Waals surface area contributed by atoms with Gasteiger partial charge in [-0.15, -0.1) is 0 Å². The number of hydrogen-bond donors (Lipinski definition) is 1. The molecule has 0 atom stereocenters. The summed E-state index contributed by atoms with van der Waals surface area (Å²) in [6.45, 7) is 5.73. The number of nitro groups is 1. The van der Waals surface area contributed by atoms with Gasteiger partial charge in [-0.3, -0.25) is 24.5 Å². The van der Waals surface area contributed by atoms with E-state index < -0.39 is 28.6 Å². The summed E-state index contributed by atoms with van der Waals surface area (Å²) in [5, 5.41) is 14.0. The van der Waals surface area contributed by atoms with E-state index >= 15 is 0 Å². The summed E-state index contributed by atoms with van der Waals surface area (Å²) in [4.78, 5) is 48.2. The first-order chi connectivity index (χ1) is 13.1. The molecule has 150 valence electrons. The number of carbonyl (C=O) groups is 2. The summed E-state index contributed by atoms with van der Waals surface area (Å²) in [5.41, 5.74) is -2.27. The SMILES string of the molecule is C=C/C(=C(/NC)c1cc(C=O)c(=O)n(CC(=O)N2CC(C)(F)C2)c1C)[N+](=O)[O-]. The smallest absolute Gasteiger partial charge is 0.292 e. The summed E-state index contributed by atoms with van der Waals surface area (Å²) in [6.07, 6.45) is 1.36. The number of aromatic nitrogens is 1. The number of likely N-dealkylation sites (tertiary alicyclic amines) is 1. The first-order valence-electron chi connectivity index (χ1n) is 8.41. The highest BCUT2D eigenvalue weighted by molar-refractivity contribution is 5.80. The van der Waals surface area contributed by atoms with Crippen molar-refractivity contribution < 1.29 is 18.9 Å². The van der Waals surface area contributed by atoms with Crippen LogP contribution < -0.4 is 10.9 Å². The fraction of sp³-hybridized carbons (Fsp3) is 0.389. The van der Waals surface area contributed by atoms with E-state index in [4.69, 9.17) is 0 Å². The minimum absolute atomic E-state index is 0.0436. The molecule has 0 aromatic carbocycles. The zero-order chi connectivity index (χ0) is 21.2. The van der Waals surface area contributed by atoms with Crippen LogP contribution in [0.2, 0.25) is 0 Å². The normalized spacial score (nSPS) is 15.9. The van der Waals surface area contributed by atoms with Gasteiger partial charge in [0.05, 0.1) is 23.6 Å². The van der Waals surface area contributed by atoms with E-state index in [2.05, 4.69) is 11.9 Å². The van der Waals surface area contributed by atoms with Crippen LogP contribution in [0.5, 0.6) is 0 Å². The molecule has 9 nitrogen and oxygen atoms in total. The molecule has 1 aromatic rings. The number of allylic oxidation sites excluding steroid dienone is 1. The zero-order valence-electron chi connectivity index (χ0n) is 15.8. The first-order valence-corrected chi connectivity index (χ1v) is 8.41. The molecule has 1 fully saturated rings. The van der Waals surface area contributed by atoms with Crippen LogP contribution in [-0.4, -0.2) is 52.4 Å². The average molecular weight is 392 g/mol. The predicted molar refractivity (Wildman–Crippen MR) is 100 cm³/mol. The van der Waals surface area contributed by atoms with Crippen LogP contribution in [0.15, 0.2) is 29.2 Å². The number of nitrogens with zero attached hydrogens (tertiary/aromatic N) is 3. The fourth-order valence-corrected chi connectivity index (χ4v) is 3.13. The third kappa shape index (κ3) is 3.85. The molecule has 0 aliphatic carbocycles. The van der Waals surface area contributed by atoms with Crippen molar-refractivity contribution in [2.24, 2.45) is 0 Å². The largest absolute Gasteiger partial charge is 0.382 e. The maximum absolute atomic E-state index is 13.7. The molecule has 0 unspecified atom stereocenters. The van der Waals surface area contributed by atoms with Gasteiger partial charge in [0.25, 0.3) is 11.3 Å². The van der Waals surface area contributed by atoms with Crippen LogP contribution in [0, 0.1) is 17.0 Å². The van der Waals surface area contributed by atoms with E-state index in [1.807, 2.05) is 0 Å². The molecular weight excluding hydrogens is 371 g/mol. The number of nitrogens with one attached hydrogen (secondary N) is 1. The maximum atomic E-state index is 13.7. The van der Waals surface area contributed by atoms with Crippen molar-refractivity contribution >= 4 is 17.9 Å². The molecule has 1 aliphatic rings. The van der Waals surface area contributed by atoms with Crippen LogP contribution in [0.1, 0.15) is 28.5 Å². The maximum Gasteiger partial charge on any atom is 0.292 e. The van der Waals surface area contributed by atoms with Gasteiger partial charge in [0.15, 0.2) is 6.29 Å². The molecular formula is C18H21FN4O5. The Hall–Kier alpha value is -3.30. The Morgan fingerprint density at radius 2 is 2.11 bits per heavy atom. The lowest BCUT2D eigenvalue weighted by atomic mass is 9.99. The van der Waals surface area contributed by atoms with Crippen molar-refractivity contribution in [3.05, 3.63) is 61.7 Å². The number of halogens is 1. The Morgan fingerprint density at radius 3 is 2.54 bits per heavy atom. The van der Waals surface area contributed by atoms with E-state index in [-0.39, 0.29) is 41.3 Å². The van der Waals surface area contributed by atoms with E-state index in [1.54, 1.807) is 0 Å². The Kier molecular flexibility index (Phi) is 5.81. The van der Waals surface area contributed by atoms with Gasteiger partial charge in [-0.25, -0.2) is 4.39 Å². The molecule has 1 aromatic heterocycles. The number of hydrogen-bond acceptors (Lipinski definition) is 6. The lowest BCUT2D eigenvalue weighted by Gasteiger charge is -2.42. The van der Waals surface area contributed by atoms with Gasteiger partial charge >= 0.3 is 0 Å². The monoisotopic (exact) mass is 392 g/mol. The summed E-state index contributed by atoms with van der Waals surface area (Å²) in [7, 11) is 1.45. The highest BCUT2D eigenvalue weighted by Gasteiger charge is 2.41. The Balaban J connectivity index is 2.59. The van der Waals surface area contributed by atoms with Gasteiger partial charge in [0, 0.05) is 24.4 Å². The molecule has 2 heterocycles. The van der Waals surface area contributed by atoms with Crippen molar-refractivity contribution in [1.29, 1.82) is 0 Å². The zero-order valence-corrected chi connectivity index (χ0v) is 15.8. The molecule has 1 aliphatic heterocycles. The fourth-order valence-electron chi connectivity index (χ4n) is 3.13. The summed E-state index contributed by atoms with van der Waals surface area (Å²) < 4.78 is 14.7. The molecule has 0 radical (unpaired) electrons. The predicted octanol–water partition coefficient (Wildman–Crippen LogP) is 0.890. The second-order valence-electron chi connectivity index (χ2n) is 6.74. The highest BCUT2D eigenvalue weighted by atomic mass is 19.1.